The minimum absolute atomic E-state index is 0.553. The summed E-state index contributed by atoms with van der Waals surface area (Å²) in [6.45, 7) is 4.76. The topological polar surface area (TPSA) is 69.6 Å². The number of nitrogen functional groups attached to an aromatic ring is 1. The lowest BCUT2D eigenvalue weighted by Gasteiger charge is -2.03. The van der Waals surface area contributed by atoms with Gasteiger partial charge in [0.15, 0.2) is 5.16 Å². The summed E-state index contributed by atoms with van der Waals surface area (Å²) in [6, 6.07) is 3.76. The van der Waals surface area contributed by atoms with Crippen molar-refractivity contribution in [1.29, 1.82) is 0 Å². The van der Waals surface area contributed by atoms with Crippen molar-refractivity contribution in [2.45, 2.75) is 25.5 Å². The molecule has 0 fully saturated rings. The highest BCUT2D eigenvalue weighted by atomic mass is 32.2. The van der Waals surface area contributed by atoms with Crippen LogP contribution in [0.4, 0.5) is 5.82 Å². The summed E-state index contributed by atoms with van der Waals surface area (Å²) >= 11 is 1.63. The lowest BCUT2D eigenvalue weighted by molar-refractivity contribution is 0.668. The summed E-state index contributed by atoms with van der Waals surface area (Å²) in [5, 5.41) is 4.94. The number of aromatic nitrogens is 4. The summed E-state index contributed by atoms with van der Waals surface area (Å²) in [7, 11) is 0. The number of hydrogen-bond acceptors (Lipinski definition) is 5. The quantitative estimate of drug-likeness (QED) is 0.659. The Morgan fingerprint density at radius 1 is 1.29 bits per heavy atom. The summed E-state index contributed by atoms with van der Waals surface area (Å²) in [4.78, 5) is 8.74. The standard InChI is InChI=1S/C11H15N5S/c1-8-7-9(2)14-11(13-8)17-6-5-16-4-3-10(12)15-16/h3-4,7H,5-6H2,1-2H3,(H2,12,15). The Labute approximate surface area is 104 Å². The molecule has 17 heavy (non-hydrogen) atoms. The second kappa shape index (κ2) is 5.18. The molecule has 0 aliphatic carbocycles. The molecule has 0 aliphatic heterocycles. The Bertz CT molecular complexity index is 488. The largest absolute Gasteiger partial charge is 0.382 e. The van der Waals surface area contributed by atoms with Crippen LogP contribution in [0.2, 0.25) is 0 Å². The molecule has 0 saturated carbocycles. The predicted octanol–water partition coefficient (Wildman–Crippen LogP) is 1.66. The van der Waals surface area contributed by atoms with E-state index in [-0.39, 0.29) is 0 Å². The molecule has 0 aliphatic rings. The molecule has 0 saturated heterocycles. The van der Waals surface area contributed by atoms with Gasteiger partial charge in [0.25, 0.3) is 0 Å². The van der Waals surface area contributed by atoms with Crippen LogP contribution in [0.15, 0.2) is 23.5 Å². The molecule has 2 rings (SSSR count). The number of rotatable bonds is 4. The van der Waals surface area contributed by atoms with Crippen molar-refractivity contribution in [3.05, 3.63) is 29.7 Å². The lowest BCUT2D eigenvalue weighted by atomic mass is 10.4. The van der Waals surface area contributed by atoms with E-state index in [0.717, 1.165) is 28.8 Å². The van der Waals surface area contributed by atoms with Gasteiger partial charge in [-0.3, -0.25) is 4.68 Å². The molecular formula is C11H15N5S. The highest BCUT2D eigenvalue weighted by Gasteiger charge is 2.01. The van der Waals surface area contributed by atoms with Gasteiger partial charge in [0, 0.05) is 23.3 Å². The number of nitrogens with zero attached hydrogens (tertiary/aromatic N) is 4. The van der Waals surface area contributed by atoms with E-state index in [1.54, 1.807) is 17.8 Å². The minimum atomic E-state index is 0.553. The van der Waals surface area contributed by atoms with Gasteiger partial charge in [-0.25, -0.2) is 9.97 Å². The highest BCUT2D eigenvalue weighted by molar-refractivity contribution is 7.99. The molecule has 0 amide bonds. The Balaban J connectivity index is 1.89. The van der Waals surface area contributed by atoms with Gasteiger partial charge < -0.3 is 5.73 Å². The maximum Gasteiger partial charge on any atom is 0.188 e. The van der Waals surface area contributed by atoms with E-state index in [1.807, 2.05) is 30.8 Å². The van der Waals surface area contributed by atoms with Crippen molar-refractivity contribution in [2.75, 3.05) is 11.5 Å². The van der Waals surface area contributed by atoms with Crippen molar-refractivity contribution in [2.24, 2.45) is 0 Å². The maximum absolute atomic E-state index is 5.54. The average molecular weight is 249 g/mol. The molecule has 6 heteroatoms. The first-order chi connectivity index (χ1) is 8.13. The van der Waals surface area contributed by atoms with Gasteiger partial charge in [-0.05, 0) is 26.0 Å². The zero-order chi connectivity index (χ0) is 12.3. The summed E-state index contributed by atoms with van der Waals surface area (Å²) < 4.78 is 1.82. The second-order valence-corrected chi connectivity index (χ2v) is 4.85. The third kappa shape index (κ3) is 3.45. The van der Waals surface area contributed by atoms with Gasteiger partial charge >= 0.3 is 0 Å². The second-order valence-electron chi connectivity index (χ2n) is 3.79. The summed E-state index contributed by atoms with van der Waals surface area (Å²) in [5.74, 6) is 1.43. The van der Waals surface area contributed by atoms with Crippen LogP contribution >= 0.6 is 11.8 Å². The van der Waals surface area contributed by atoms with Gasteiger partial charge in [-0.15, -0.1) is 0 Å². The van der Waals surface area contributed by atoms with Gasteiger partial charge in [0.2, 0.25) is 0 Å². The number of thioether (sulfide) groups is 1. The molecule has 0 aromatic carbocycles. The van der Waals surface area contributed by atoms with E-state index in [0.29, 0.717) is 5.82 Å². The Morgan fingerprint density at radius 2 is 2.00 bits per heavy atom. The van der Waals surface area contributed by atoms with E-state index in [4.69, 9.17) is 5.73 Å². The van der Waals surface area contributed by atoms with Crippen LogP contribution in [-0.2, 0) is 6.54 Å². The van der Waals surface area contributed by atoms with Crippen molar-refractivity contribution < 1.29 is 0 Å². The van der Waals surface area contributed by atoms with E-state index in [9.17, 15) is 0 Å². The van der Waals surface area contributed by atoms with Gasteiger partial charge in [-0.1, -0.05) is 11.8 Å². The average Bonchev–Trinajstić information content (AvgIpc) is 2.63. The van der Waals surface area contributed by atoms with Crippen molar-refractivity contribution in [3.8, 4) is 0 Å². The molecule has 0 spiro atoms. The first-order valence-corrected chi connectivity index (χ1v) is 6.36. The Hall–Kier alpha value is -1.56. The van der Waals surface area contributed by atoms with Crippen LogP contribution in [-0.4, -0.2) is 25.5 Å². The Morgan fingerprint density at radius 3 is 2.59 bits per heavy atom. The molecular weight excluding hydrogens is 234 g/mol. The molecule has 0 bridgehead atoms. The Kier molecular flexibility index (Phi) is 3.63. The van der Waals surface area contributed by atoms with E-state index >= 15 is 0 Å². The predicted molar refractivity (Wildman–Crippen MR) is 68.9 cm³/mol. The fraction of sp³-hybridized carbons (Fsp3) is 0.364. The fourth-order valence-corrected chi connectivity index (χ4v) is 2.37. The highest BCUT2D eigenvalue weighted by Crippen LogP contribution is 2.14. The first kappa shape index (κ1) is 11.9. The first-order valence-electron chi connectivity index (χ1n) is 5.37. The summed E-state index contributed by atoms with van der Waals surface area (Å²) in [6.07, 6.45) is 1.87. The lowest BCUT2D eigenvalue weighted by Crippen LogP contribution is -2.03. The molecule has 2 heterocycles. The van der Waals surface area contributed by atoms with Crippen LogP contribution in [0.1, 0.15) is 11.4 Å². The monoisotopic (exact) mass is 249 g/mol. The van der Waals surface area contributed by atoms with Crippen molar-refractivity contribution >= 4 is 17.6 Å². The third-order valence-electron chi connectivity index (χ3n) is 2.17. The molecule has 0 radical (unpaired) electrons. The number of hydrogen-bond donors (Lipinski definition) is 1. The molecule has 5 nitrogen and oxygen atoms in total. The van der Waals surface area contributed by atoms with Gasteiger partial charge in [0.1, 0.15) is 5.82 Å². The van der Waals surface area contributed by atoms with Crippen LogP contribution in [0.25, 0.3) is 0 Å². The van der Waals surface area contributed by atoms with Crippen molar-refractivity contribution in [1.82, 2.24) is 19.7 Å². The zero-order valence-corrected chi connectivity index (χ0v) is 10.7. The van der Waals surface area contributed by atoms with Crippen LogP contribution in [0, 0.1) is 13.8 Å². The van der Waals surface area contributed by atoms with Crippen LogP contribution in [0.5, 0.6) is 0 Å². The third-order valence-corrected chi connectivity index (χ3v) is 3.00. The zero-order valence-electron chi connectivity index (χ0n) is 9.92. The van der Waals surface area contributed by atoms with E-state index in [1.165, 1.54) is 0 Å². The molecule has 90 valence electrons. The minimum Gasteiger partial charge on any atom is -0.382 e. The van der Waals surface area contributed by atoms with E-state index in [2.05, 4.69) is 15.1 Å². The van der Waals surface area contributed by atoms with Crippen molar-refractivity contribution in [3.63, 3.8) is 0 Å². The molecule has 2 aromatic rings. The SMILES string of the molecule is Cc1cc(C)nc(SCCn2ccc(N)n2)n1. The number of aryl methyl sites for hydroxylation is 3. The summed E-state index contributed by atoms with van der Waals surface area (Å²) in [5.41, 5.74) is 7.54. The maximum atomic E-state index is 5.54. The number of nitrogens with two attached hydrogens (primary N) is 1. The normalized spacial score (nSPS) is 10.7. The molecule has 2 N–H and O–H groups in total. The molecule has 2 aromatic heterocycles. The van der Waals surface area contributed by atoms with Gasteiger partial charge in [-0.2, -0.15) is 5.10 Å². The van der Waals surface area contributed by atoms with Crippen LogP contribution < -0.4 is 5.73 Å². The fourth-order valence-electron chi connectivity index (χ4n) is 1.49. The number of anilines is 1. The smallest absolute Gasteiger partial charge is 0.188 e. The molecule has 0 unspecified atom stereocenters. The van der Waals surface area contributed by atoms with E-state index < -0.39 is 0 Å². The molecule has 0 atom stereocenters. The van der Waals surface area contributed by atoms with Crippen LogP contribution in [0.3, 0.4) is 0 Å². The van der Waals surface area contributed by atoms with Gasteiger partial charge in [0.05, 0.1) is 6.54 Å².